The van der Waals surface area contributed by atoms with Crippen LogP contribution in [0.4, 0.5) is 4.79 Å². The molecule has 0 unspecified atom stereocenters. The Hall–Kier alpha value is -2.20. The molecule has 0 spiro atoms. The van der Waals surface area contributed by atoms with E-state index in [-0.39, 0.29) is 18.1 Å². The molecule has 0 aliphatic carbocycles. The van der Waals surface area contributed by atoms with Crippen LogP contribution in [0.1, 0.15) is 24.8 Å². The lowest BCUT2D eigenvalue weighted by Crippen LogP contribution is -2.47. The maximum atomic E-state index is 12.1. The first kappa shape index (κ1) is 17.6. The number of likely N-dealkylation sites (tertiary alicyclic amines) is 1. The van der Waals surface area contributed by atoms with Crippen molar-refractivity contribution in [2.45, 2.75) is 25.4 Å². The number of carbonyl (C=O) groups is 1. The van der Waals surface area contributed by atoms with Gasteiger partial charge < -0.3 is 14.4 Å². The van der Waals surface area contributed by atoms with Gasteiger partial charge in [0.15, 0.2) is 0 Å². The fraction of sp³-hybridized carbons (Fsp3) is 0.350. The van der Waals surface area contributed by atoms with Crippen molar-refractivity contribution in [3.63, 3.8) is 0 Å². The first-order valence-electron chi connectivity index (χ1n) is 8.56. The van der Waals surface area contributed by atoms with Crippen molar-refractivity contribution in [3.05, 3.63) is 65.2 Å². The zero-order valence-electron chi connectivity index (χ0n) is 14.2. The zero-order chi connectivity index (χ0) is 17.6. The fourth-order valence-corrected chi connectivity index (χ4v) is 3.29. The van der Waals surface area contributed by atoms with E-state index in [0.29, 0.717) is 24.7 Å². The Kier molecular flexibility index (Phi) is 5.82. The molecular formula is C20H22ClNO3. The number of halogens is 1. The topological polar surface area (TPSA) is 38.8 Å². The minimum absolute atomic E-state index is 0.00532. The van der Waals surface area contributed by atoms with Gasteiger partial charge in [-0.25, -0.2) is 4.79 Å². The summed E-state index contributed by atoms with van der Waals surface area (Å²) in [5, 5.41) is 0.684. The summed E-state index contributed by atoms with van der Waals surface area (Å²) in [4.78, 5) is 13.9. The Bertz CT molecular complexity index is 690. The number of hydrogen-bond donors (Lipinski definition) is 0. The number of nitrogens with zero attached hydrogens (tertiary/aromatic N) is 1. The van der Waals surface area contributed by atoms with Crippen molar-refractivity contribution in [3.8, 4) is 5.75 Å². The van der Waals surface area contributed by atoms with Gasteiger partial charge in [-0.15, -0.1) is 0 Å². The van der Waals surface area contributed by atoms with Crippen molar-refractivity contribution in [1.29, 1.82) is 0 Å². The van der Waals surface area contributed by atoms with Gasteiger partial charge in [-0.05, 0) is 36.8 Å². The second-order valence-electron chi connectivity index (χ2n) is 6.06. The van der Waals surface area contributed by atoms with E-state index in [2.05, 4.69) is 12.1 Å². The molecule has 0 saturated carbocycles. The summed E-state index contributed by atoms with van der Waals surface area (Å²) in [6, 6.07) is 17.6. The molecule has 1 amide bonds. The predicted octanol–water partition coefficient (Wildman–Crippen LogP) is 4.73. The first-order chi connectivity index (χ1) is 12.2. The van der Waals surface area contributed by atoms with Crippen LogP contribution in [0.15, 0.2) is 54.6 Å². The second-order valence-corrected chi connectivity index (χ2v) is 6.50. The van der Waals surface area contributed by atoms with Crippen LogP contribution in [0, 0.1) is 0 Å². The average molecular weight is 360 g/mol. The molecule has 2 aromatic rings. The van der Waals surface area contributed by atoms with Gasteiger partial charge in [0.1, 0.15) is 11.9 Å². The first-order valence-corrected chi connectivity index (χ1v) is 8.94. The minimum atomic E-state index is -0.256. The monoisotopic (exact) mass is 359 g/mol. The van der Waals surface area contributed by atoms with Gasteiger partial charge in [0.25, 0.3) is 0 Å². The molecule has 0 N–H and O–H groups in total. The van der Waals surface area contributed by atoms with Gasteiger partial charge in [0.2, 0.25) is 0 Å². The Morgan fingerprint density at radius 2 is 1.88 bits per heavy atom. The van der Waals surface area contributed by atoms with E-state index in [4.69, 9.17) is 21.1 Å². The number of piperidine rings is 1. The van der Waals surface area contributed by atoms with E-state index >= 15 is 0 Å². The van der Waals surface area contributed by atoms with Crippen LogP contribution in [0.5, 0.6) is 5.75 Å². The van der Waals surface area contributed by atoms with Crippen molar-refractivity contribution in [1.82, 2.24) is 4.90 Å². The molecule has 1 saturated heterocycles. The summed E-state index contributed by atoms with van der Waals surface area (Å²) >= 11 is 5.95. The number of benzene rings is 2. The Morgan fingerprint density at radius 3 is 2.56 bits per heavy atom. The molecule has 1 fully saturated rings. The zero-order valence-corrected chi connectivity index (χ0v) is 15.0. The molecule has 0 bridgehead atoms. The average Bonchev–Trinajstić information content (AvgIpc) is 2.65. The lowest BCUT2D eigenvalue weighted by atomic mass is 9.88. The van der Waals surface area contributed by atoms with Crippen molar-refractivity contribution < 1.29 is 14.3 Å². The summed E-state index contributed by atoms with van der Waals surface area (Å²) in [6.07, 6.45) is 0.490. The van der Waals surface area contributed by atoms with Crippen LogP contribution in [-0.4, -0.2) is 36.8 Å². The number of amides is 1. The van der Waals surface area contributed by atoms with E-state index in [1.807, 2.05) is 49.4 Å². The lowest BCUT2D eigenvalue weighted by molar-refractivity contribution is 0.0574. The molecule has 0 radical (unpaired) electrons. The van der Waals surface area contributed by atoms with E-state index < -0.39 is 0 Å². The number of carbonyl (C=O) groups excluding carboxylic acids is 1. The van der Waals surface area contributed by atoms with Gasteiger partial charge in [0, 0.05) is 30.5 Å². The third-order valence-corrected chi connectivity index (χ3v) is 4.66. The molecule has 0 aromatic heterocycles. The van der Waals surface area contributed by atoms with Gasteiger partial charge in [-0.3, -0.25) is 0 Å². The third kappa shape index (κ3) is 4.45. The number of ether oxygens (including phenoxy) is 2. The maximum Gasteiger partial charge on any atom is 0.409 e. The molecule has 5 heteroatoms. The van der Waals surface area contributed by atoms with E-state index in [1.54, 1.807) is 4.90 Å². The van der Waals surface area contributed by atoms with Crippen molar-refractivity contribution >= 4 is 17.7 Å². The molecule has 1 heterocycles. The quantitative estimate of drug-likeness (QED) is 0.791. The fourth-order valence-electron chi connectivity index (χ4n) is 3.16. The molecule has 2 atom stereocenters. The van der Waals surface area contributed by atoms with Crippen LogP contribution in [-0.2, 0) is 4.74 Å². The lowest BCUT2D eigenvalue weighted by Gasteiger charge is -2.38. The highest BCUT2D eigenvalue weighted by Gasteiger charge is 2.34. The molecule has 2 aromatic carbocycles. The summed E-state index contributed by atoms with van der Waals surface area (Å²) < 4.78 is 11.4. The molecule has 1 aliphatic heterocycles. The Balaban J connectivity index is 1.79. The van der Waals surface area contributed by atoms with Gasteiger partial charge in [-0.2, -0.15) is 0 Å². The molecule has 3 rings (SSSR count). The molecular weight excluding hydrogens is 338 g/mol. The summed E-state index contributed by atoms with van der Waals surface area (Å²) in [5.41, 5.74) is 1.16. The summed E-state index contributed by atoms with van der Waals surface area (Å²) in [7, 11) is 0. The van der Waals surface area contributed by atoms with Gasteiger partial charge in [0.05, 0.1) is 6.61 Å². The number of rotatable bonds is 4. The van der Waals surface area contributed by atoms with Crippen LogP contribution >= 0.6 is 11.6 Å². The maximum absolute atomic E-state index is 12.1. The molecule has 1 aliphatic rings. The predicted molar refractivity (Wildman–Crippen MR) is 98.3 cm³/mol. The Morgan fingerprint density at radius 1 is 1.16 bits per heavy atom. The standard InChI is InChI=1S/C20H22ClNO3/c1-2-24-20(23)22-13-12-19(25-17-10-8-16(21)9-11-17)18(14-22)15-6-4-3-5-7-15/h3-11,18-19H,2,12-14H2,1H3/t18-,19+/m1/s1. The van der Waals surface area contributed by atoms with Crippen LogP contribution in [0.25, 0.3) is 0 Å². The largest absolute Gasteiger partial charge is 0.490 e. The van der Waals surface area contributed by atoms with Gasteiger partial charge in [-0.1, -0.05) is 41.9 Å². The van der Waals surface area contributed by atoms with E-state index in [0.717, 1.165) is 17.7 Å². The molecule has 25 heavy (non-hydrogen) atoms. The smallest absolute Gasteiger partial charge is 0.409 e. The summed E-state index contributed by atoms with van der Waals surface area (Å²) in [6.45, 7) is 3.42. The minimum Gasteiger partial charge on any atom is -0.490 e. The second kappa shape index (κ2) is 8.26. The van der Waals surface area contributed by atoms with Crippen molar-refractivity contribution in [2.75, 3.05) is 19.7 Å². The highest BCUT2D eigenvalue weighted by molar-refractivity contribution is 6.30. The highest BCUT2D eigenvalue weighted by Crippen LogP contribution is 2.31. The summed E-state index contributed by atoms with van der Waals surface area (Å²) in [5.74, 6) is 0.884. The molecule has 4 nitrogen and oxygen atoms in total. The van der Waals surface area contributed by atoms with Crippen LogP contribution in [0.2, 0.25) is 5.02 Å². The van der Waals surface area contributed by atoms with E-state index in [9.17, 15) is 4.79 Å². The van der Waals surface area contributed by atoms with Crippen LogP contribution < -0.4 is 4.74 Å². The van der Waals surface area contributed by atoms with Crippen molar-refractivity contribution in [2.24, 2.45) is 0 Å². The number of hydrogen-bond acceptors (Lipinski definition) is 3. The third-order valence-electron chi connectivity index (χ3n) is 4.40. The molecule has 132 valence electrons. The van der Waals surface area contributed by atoms with Crippen LogP contribution in [0.3, 0.4) is 0 Å². The van der Waals surface area contributed by atoms with E-state index in [1.165, 1.54) is 0 Å². The normalized spacial score (nSPS) is 20.2. The SMILES string of the molecule is CCOC(=O)N1CC[C@H](Oc2ccc(Cl)cc2)[C@@H](c2ccccc2)C1. The highest BCUT2D eigenvalue weighted by atomic mass is 35.5. The Labute approximate surface area is 153 Å². The van der Waals surface area contributed by atoms with Gasteiger partial charge >= 0.3 is 6.09 Å².